The number of fused-ring (bicyclic) bond motifs is 1. The van der Waals surface area contributed by atoms with Gasteiger partial charge in [0.2, 0.25) is 0 Å². The first kappa shape index (κ1) is 8.12. The molecule has 0 amide bonds. The fourth-order valence-corrected chi connectivity index (χ4v) is 1.27. The Balaban J connectivity index is 2.37. The van der Waals surface area contributed by atoms with E-state index in [1.807, 2.05) is 0 Å². The van der Waals surface area contributed by atoms with Crippen LogP contribution in [0.3, 0.4) is 0 Å². The summed E-state index contributed by atoms with van der Waals surface area (Å²) in [6.45, 7) is 0.680. The van der Waals surface area contributed by atoms with E-state index in [9.17, 15) is 0 Å². The van der Waals surface area contributed by atoms with Gasteiger partial charge in [-0.1, -0.05) is 0 Å². The third-order valence-corrected chi connectivity index (χ3v) is 1.92. The van der Waals surface area contributed by atoms with Crippen molar-refractivity contribution in [3.63, 3.8) is 0 Å². The molecule has 13 heavy (non-hydrogen) atoms. The lowest BCUT2D eigenvalue weighted by Gasteiger charge is -1.98. The third-order valence-electron chi connectivity index (χ3n) is 1.92. The third kappa shape index (κ3) is 1.50. The number of aryl methyl sites for hydroxylation is 1. The Morgan fingerprint density at radius 2 is 2.23 bits per heavy atom. The smallest absolute Gasteiger partial charge is 0.180 e. The van der Waals surface area contributed by atoms with Crippen LogP contribution in [-0.4, -0.2) is 26.5 Å². The van der Waals surface area contributed by atoms with Gasteiger partial charge in [0, 0.05) is 0 Å². The molecule has 0 saturated heterocycles. The van der Waals surface area contributed by atoms with E-state index in [0.717, 1.165) is 29.7 Å². The molecule has 2 aromatic rings. The Morgan fingerprint density at radius 1 is 1.31 bits per heavy atom. The van der Waals surface area contributed by atoms with E-state index < -0.39 is 0 Å². The monoisotopic (exact) mass is 177 g/mol. The van der Waals surface area contributed by atoms with E-state index in [1.54, 1.807) is 6.33 Å². The van der Waals surface area contributed by atoms with Crippen LogP contribution in [0.2, 0.25) is 0 Å². The summed E-state index contributed by atoms with van der Waals surface area (Å²) in [5, 5.41) is 0. The molecule has 68 valence electrons. The zero-order chi connectivity index (χ0) is 9.10. The van der Waals surface area contributed by atoms with E-state index in [-0.39, 0.29) is 0 Å². The van der Waals surface area contributed by atoms with Gasteiger partial charge in [-0.05, 0) is 19.4 Å². The Bertz CT molecular complexity index is 394. The highest BCUT2D eigenvalue weighted by atomic mass is 15.0. The number of nitrogens with zero attached hydrogens (tertiary/aromatic N) is 3. The quantitative estimate of drug-likeness (QED) is 0.704. The molecule has 5 heteroatoms. The van der Waals surface area contributed by atoms with Gasteiger partial charge >= 0.3 is 0 Å². The first-order chi connectivity index (χ1) is 6.42. The van der Waals surface area contributed by atoms with Crippen LogP contribution in [0, 0.1) is 0 Å². The maximum atomic E-state index is 5.43. The van der Waals surface area contributed by atoms with E-state index in [2.05, 4.69) is 19.9 Å². The van der Waals surface area contributed by atoms with Gasteiger partial charge in [0.1, 0.15) is 11.8 Å². The second-order valence-corrected chi connectivity index (χ2v) is 2.81. The Morgan fingerprint density at radius 3 is 3.08 bits per heavy atom. The van der Waals surface area contributed by atoms with Gasteiger partial charge in [-0.3, -0.25) is 0 Å². The molecule has 0 unspecified atom stereocenters. The van der Waals surface area contributed by atoms with Crippen molar-refractivity contribution in [2.24, 2.45) is 5.73 Å². The first-order valence-corrected chi connectivity index (χ1v) is 4.25. The van der Waals surface area contributed by atoms with Crippen molar-refractivity contribution >= 4 is 11.2 Å². The van der Waals surface area contributed by atoms with Crippen LogP contribution >= 0.6 is 0 Å². The molecule has 2 heterocycles. The predicted octanol–water partition coefficient (Wildman–Crippen LogP) is 0.244. The minimum Gasteiger partial charge on any atom is -0.342 e. The molecule has 0 aliphatic carbocycles. The average molecular weight is 177 g/mol. The number of aromatic nitrogens is 4. The molecular formula is C8H11N5. The van der Waals surface area contributed by atoms with Crippen molar-refractivity contribution in [1.82, 2.24) is 19.9 Å². The summed E-state index contributed by atoms with van der Waals surface area (Å²) in [6, 6.07) is 0. The lowest BCUT2D eigenvalue weighted by atomic mass is 10.2. The highest BCUT2D eigenvalue weighted by molar-refractivity contribution is 5.71. The van der Waals surface area contributed by atoms with Crippen molar-refractivity contribution in [3.05, 3.63) is 18.3 Å². The molecule has 0 aromatic carbocycles. The zero-order valence-corrected chi connectivity index (χ0v) is 7.20. The van der Waals surface area contributed by atoms with Crippen LogP contribution in [0.1, 0.15) is 12.1 Å². The highest BCUT2D eigenvalue weighted by Gasteiger charge is 2.03. The Kier molecular flexibility index (Phi) is 2.18. The number of aromatic amines is 1. The van der Waals surface area contributed by atoms with Gasteiger partial charge < -0.3 is 10.7 Å². The molecule has 2 rings (SSSR count). The normalized spacial score (nSPS) is 10.8. The summed E-state index contributed by atoms with van der Waals surface area (Å²) in [6.07, 6.45) is 4.98. The summed E-state index contributed by atoms with van der Waals surface area (Å²) in [4.78, 5) is 15.3. The minimum absolute atomic E-state index is 0.680. The highest BCUT2D eigenvalue weighted by Crippen LogP contribution is 2.10. The minimum atomic E-state index is 0.680. The van der Waals surface area contributed by atoms with Gasteiger partial charge in [-0.25, -0.2) is 15.0 Å². The van der Waals surface area contributed by atoms with E-state index in [4.69, 9.17) is 5.73 Å². The first-order valence-electron chi connectivity index (χ1n) is 4.25. The number of rotatable bonds is 3. The molecule has 0 radical (unpaired) electrons. The number of hydrogen-bond acceptors (Lipinski definition) is 4. The SMILES string of the molecule is NCCCc1ncnc2nc[nH]c12. The molecule has 0 bridgehead atoms. The van der Waals surface area contributed by atoms with Gasteiger partial charge in [0.25, 0.3) is 0 Å². The van der Waals surface area contributed by atoms with Crippen LogP contribution in [-0.2, 0) is 6.42 Å². The summed E-state index contributed by atoms with van der Waals surface area (Å²) in [7, 11) is 0. The predicted molar refractivity (Wildman–Crippen MR) is 49.1 cm³/mol. The van der Waals surface area contributed by atoms with Crippen molar-refractivity contribution < 1.29 is 0 Å². The second kappa shape index (κ2) is 3.49. The van der Waals surface area contributed by atoms with Gasteiger partial charge in [0.05, 0.1) is 12.0 Å². The molecule has 0 aliphatic rings. The van der Waals surface area contributed by atoms with Crippen LogP contribution in [0.25, 0.3) is 11.2 Å². The second-order valence-electron chi connectivity index (χ2n) is 2.81. The Hall–Kier alpha value is -1.49. The van der Waals surface area contributed by atoms with Crippen molar-refractivity contribution in [2.75, 3.05) is 6.54 Å². The van der Waals surface area contributed by atoms with Crippen LogP contribution < -0.4 is 5.73 Å². The molecule has 0 atom stereocenters. The topological polar surface area (TPSA) is 80.5 Å². The summed E-state index contributed by atoms with van der Waals surface area (Å²) >= 11 is 0. The van der Waals surface area contributed by atoms with Gasteiger partial charge in [-0.2, -0.15) is 0 Å². The van der Waals surface area contributed by atoms with E-state index in [0.29, 0.717) is 6.54 Å². The molecular weight excluding hydrogens is 166 g/mol. The number of H-pyrrole nitrogens is 1. The van der Waals surface area contributed by atoms with Crippen LogP contribution in [0.5, 0.6) is 0 Å². The van der Waals surface area contributed by atoms with Crippen LogP contribution in [0.4, 0.5) is 0 Å². The van der Waals surface area contributed by atoms with Crippen molar-refractivity contribution in [1.29, 1.82) is 0 Å². The standard InChI is InChI=1S/C8H11N5/c9-3-1-2-6-7-8(12-4-10-6)13-5-11-7/h4-5H,1-3,9H2,(H,10,11,12,13). The molecule has 0 spiro atoms. The maximum absolute atomic E-state index is 5.43. The lowest BCUT2D eigenvalue weighted by Crippen LogP contribution is -2.02. The van der Waals surface area contributed by atoms with Crippen molar-refractivity contribution in [3.8, 4) is 0 Å². The summed E-state index contributed by atoms with van der Waals surface area (Å²) in [5.74, 6) is 0. The Labute approximate surface area is 75.4 Å². The fourth-order valence-electron chi connectivity index (χ4n) is 1.27. The molecule has 0 fully saturated rings. The summed E-state index contributed by atoms with van der Waals surface area (Å²) < 4.78 is 0. The van der Waals surface area contributed by atoms with Gasteiger partial charge in [-0.15, -0.1) is 0 Å². The van der Waals surface area contributed by atoms with Crippen LogP contribution in [0.15, 0.2) is 12.7 Å². The molecule has 2 aromatic heterocycles. The number of hydrogen-bond donors (Lipinski definition) is 2. The van der Waals surface area contributed by atoms with E-state index in [1.165, 1.54) is 6.33 Å². The van der Waals surface area contributed by atoms with Crippen molar-refractivity contribution in [2.45, 2.75) is 12.8 Å². The largest absolute Gasteiger partial charge is 0.342 e. The lowest BCUT2D eigenvalue weighted by molar-refractivity contribution is 0.812. The summed E-state index contributed by atoms with van der Waals surface area (Å²) in [5.41, 5.74) is 8.07. The van der Waals surface area contributed by atoms with E-state index >= 15 is 0 Å². The average Bonchev–Trinajstić information content (AvgIpc) is 2.62. The molecule has 5 nitrogen and oxygen atoms in total. The number of nitrogens with two attached hydrogens (primary N) is 1. The molecule has 0 aliphatic heterocycles. The number of nitrogens with one attached hydrogen (secondary N) is 1. The molecule has 0 saturated carbocycles. The number of imidazole rings is 1. The molecule has 3 N–H and O–H groups in total. The maximum Gasteiger partial charge on any atom is 0.180 e. The van der Waals surface area contributed by atoms with Gasteiger partial charge in [0.15, 0.2) is 5.65 Å². The zero-order valence-electron chi connectivity index (χ0n) is 7.20. The fraction of sp³-hybridized carbons (Fsp3) is 0.375.